The highest BCUT2D eigenvalue weighted by molar-refractivity contribution is 6.02. The molecule has 2 aromatic carbocycles. The summed E-state index contributed by atoms with van der Waals surface area (Å²) < 4.78 is 19.0. The van der Waals surface area contributed by atoms with E-state index in [9.17, 15) is 14.0 Å². The molecule has 0 unspecified atom stereocenters. The third-order valence-electron chi connectivity index (χ3n) is 4.88. The van der Waals surface area contributed by atoms with E-state index in [-0.39, 0.29) is 23.5 Å². The van der Waals surface area contributed by atoms with Crippen molar-refractivity contribution in [3.05, 3.63) is 66.1 Å². The van der Waals surface area contributed by atoms with Crippen molar-refractivity contribution in [2.45, 2.75) is 25.3 Å². The van der Waals surface area contributed by atoms with E-state index in [1.807, 2.05) is 0 Å². The van der Waals surface area contributed by atoms with Crippen LogP contribution in [0.1, 0.15) is 29.6 Å². The Morgan fingerprint density at radius 3 is 2.76 bits per heavy atom. The van der Waals surface area contributed by atoms with Gasteiger partial charge in [-0.05, 0) is 55.7 Å². The maximum absolute atomic E-state index is 13.1. The number of nitrogens with zero attached hydrogens (tertiary/aromatic N) is 1. The van der Waals surface area contributed by atoms with E-state index in [0.717, 1.165) is 12.8 Å². The molecule has 2 heterocycles. The fourth-order valence-electron chi connectivity index (χ4n) is 3.33. The number of oxazole rings is 1. The van der Waals surface area contributed by atoms with Crippen LogP contribution in [0.3, 0.4) is 0 Å². The van der Waals surface area contributed by atoms with Crippen LogP contribution in [0, 0.1) is 5.82 Å². The molecule has 0 saturated carbocycles. The Bertz CT molecular complexity index is 1030. The van der Waals surface area contributed by atoms with Gasteiger partial charge in [0.05, 0.1) is 11.8 Å². The molecular formula is C22H20FN3O3. The molecule has 0 bridgehead atoms. The first kappa shape index (κ1) is 18.9. The zero-order valence-corrected chi connectivity index (χ0v) is 15.7. The van der Waals surface area contributed by atoms with E-state index in [0.29, 0.717) is 35.4 Å². The lowest BCUT2D eigenvalue weighted by molar-refractivity contribution is -0.122. The molecule has 0 aliphatic carbocycles. The zero-order valence-electron chi connectivity index (χ0n) is 15.7. The summed E-state index contributed by atoms with van der Waals surface area (Å²) in [6.07, 6.45) is 3.91. The number of benzene rings is 2. The van der Waals surface area contributed by atoms with Crippen molar-refractivity contribution >= 4 is 11.8 Å². The fourth-order valence-corrected chi connectivity index (χ4v) is 3.33. The van der Waals surface area contributed by atoms with Gasteiger partial charge in [0.2, 0.25) is 11.8 Å². The Kier molecular flexibility index (Phi) is 5.37. The Balaban J connectivity index is 1.59. The van der Waals surface area contributed by atoms with Crippen molar-refractivity contribution < 1.29 is 18.4 Å². The van der Waals surface area contributed by atoms with Crippen molar-refractivity contribution in [3.63, 3.8) is 0 Å². The number of hydrogen-bond donors (Lipinski definition) is 2. The summed E-state index contributed by atoms with van der Waals surface area (Å²) >= 11 is 0. The SMILES string of the molecule is O=C(N[C@H]1CCCCNC1=O)c1ccccc1-c1ncc(-c2ccc(F)cc2)o1. The van der Waals surface area contributed by atoms with Crippen molar-refractivity contribution in [1.29, 1.82) is 0 Å². The van der Waals surface area contributed by atoms with Crippen LogP contribution in [0.15, 0.2) is 59.1 Å². The summed E-state index contributed by atoms with van der Waals surface area (Å²) in [6.45, 7) is 0.629. The zero-order chi connectivity index (χ0) is 20.2. The van der Waals surface area contributed by atoms with Gasteiger partial charge >= 0.3 is 0 Å². The van der Waals surface area contributed by atoms with Crippen molar-refractivity contribution in [2.75, 3.05) is 6.54 Å². The lowest BCUT2D eigenvalue weighted by Crippen LogP contribution is -2.45. The maximum Gasteiger partial charge on any atom is 0.252 e. The molecule has 2 N–H and O–H groups in total. The van der Waals surface area contributed by atoms with Gasteiger partial charge < -0.3 is 15.1 Å². The average molecular weight is 393 g/mol. The summed E-state index contributed by atoms with van der Waals surface area (Å²) in [7, 11) is 0. The molecule has 148 valence electrons. The van der Waals surface area contributed by atoms with Crippen LogP contribution in [-0.2, 0) is 4.79 Å². The summed E-state index contributed by atoms with van der Waals surface area (Å²) in [5.74, 6) is -0.107. The molecule has 1 aromatic heterocycles. The molecule has 7 heteroatoms. The van der Waals surface area contributed by atoms with Gasteiger partial charge in [-0.3, -0.25) is 9.59 Å². The van der Waals surface area contributed by atoms with Crippen LogP contribution in [-0.4, -0.2) is 29.4 Å². The van der Waals surface area contributed by atoms with E-state index in [1.165, 1.54) is 18.3 Å². The Hall–Kier alpha value is -3.48. The van der Waals surface area contributed by atoms with E-state index < -0.39 is 6.04 Å². The summed E-state index contributed by atoms with van der Waals surface area (Å²) in [4.78, 5) is 29.3. The largest absolute Gasteiger partial charge is 0.436 e. The first-order chi connectivity index (χ1) is 14.1. The van der Waals surface area contributed by atoms with Crippen molar-refractivity contribution in [1.82, 2.24) is 15.6 Å². The Morgan fingerprint density at radius 1 is 1.14 bits per heavy atom. The standard InChI is InChI=1S/C22H20FN3O3/c23-15-10-8-14(9-11-15)19-13-25-22(29-19)17-6-2-1-5-16(17)20(27)26-18-7-3-4-12-24-21(18)28/h1-2,5-6,8-11,13,18H,3-4,7,12H2,(H,24,28)(H,26,27)/t18-/m0/s1. The van der Waals surface area contributed by atoms with Gasteiger partial charge in [0.25, 0.3) is 5.91 Å². The van der Waals surface area contributed by atoms with Gasteiger partial charge in [-0.15, -0.1) is 0 Å². The van der Waals surface area contributed by atoms with Crippen LogP contribution in [0.4, 0.5) is 4.39 Å². The maximum atomic E-state index is 13.1. The normalized spacial score (nSPS) is 16.7. The van der Waals surface area contributed by atoms with Gasteiger partial charge in [0.1, 0.15) is 11.9 Å². The first-order valence-corrected chi connectivity index (χ1v) is 9.51. The minimum absolute atomic E-state index is 0.164. The molecule has 1 fully saturated rings. The average Bonchev–Trinajstić information content (AvgIpc) is 3.14. The first-order valence-electron chi connectivity index (χ1n) is 9.51. The number of halogens is 1. The number of nitrogens with one attached hydrogen (secondary N) is 2. The van der Waals surface area contributed by atoms with Gasteiger partial charge in [0, 0.05) is 17.7 Å². The van der Waals surface area contributed by atoms with Gasteiger partial charge in [-0.2, -0.15) is 0 Å². The van der Waals surface area contributed by atoms with E-state index in [1.54, 1.807) is 36.4 Å². The lowest BCUT2D eigenvalue weighted by atomic mass is 10.1. The minimum atomic E-state index is -0.558. The van der Waals surface area contributed by atoms with Crippen molar-refractivity contribution in [2.24, 2.45) is 0 Å². The molecule has 1 atom stereocenters. The van der Waals surface area contributed by atoms with Crippen molar-refractivity contribution in [3.8, 4) is 22.8 Å². The predicted molar refractivity (Wildman–Crippen MR) is 105 cm³/mol. The second-order valence-corrected chi connectivity index (χ2v) is 6.89. The second kappa shape index (κ2) is 8.26. The highest BCUT2D eigenvalue weighted by Gasteiger charge is 2.25. The molecule has 4 rings (SSSR count). The number of rotatable bonds is 4. The number of carbonyl (C=O) groups is 2. The van der Waals surface area contributed by atoms with Gasteiger partial charge in [-0.25, -0.2) is 9.37 Å². The molecular weight excluding hydrogens is 373 g/mol. The molecule has 1 saturated heterocycles. The lowest BCUT2D eigenvalue weighted by Gasteiger charge is -2.16. The predicted octanol–water partition coefficient (Wildman–Crippen LogP) is 3.55. The second-order valence-electron chi connectivity index (χ2n) is 6.89. The van der Waals surface area contributed by atoms with Crippen LogP contribution in [0.5, 0.6) is 0 Å². The van der Waals surface area contributed by atoms with Crippen LogP contribution in [0.25, 0.3) is 22.8 Å². The summed E-state index contributed by atoms with van der Waals surface area (Å²) in [6, 6.07) is 12.3. The topological polar surface area (TPSA) is 84.2 Å². The third-order valence-corrected chi connectivity index (χ3v) is 4.88. The summed E-state index contributed by atoms with van der Waals surface area (Å²) in [5, 5.41) is 5.63. The third kappa shape index (κ3) is 4.18. The molecule has 1 aliphatic heterocycles. The fraction of sp³-hybridized carbons (Fsp3) is 0.227. The monoisotopic (exact) mass is 393 g/mol. The summed E-state index contributed by atoms with van der Waals surface area (Å²) in [5.41, 5.74) is 1.58. The van der Waals surface area contributed by atoms with Crippen LogP contribution < -0.4 is 10.6 Å². The molecule has 0 radical (unpaired) electrons. The van der Waals surface area contributed by atoms with E-state index in [2.05, 4.69) is 15.6 Å². The van der Waals surface area contributed by atoms with E-state index in [4.69, 9.17) is 4.42 Å². The van der Waals surface area contributed by atoms with Crippen LogP contribution >= 0.6 is 0 Å². The molecule has 0 spiro atoms. The number of amides is 2. The number of hydrogen-bond acceptors (Lipinski definition) is 4. The molecule has 6 nitrogen and oxygen atoms in total. The van der Waals surface area contributed by atoms with Crippen LogP contribution in [0.2, 0.25) is 0 Å². The molecule has 3 aromatic rings. The Morgan fingerprint density at radius 2 is 1.93 bits per heavy atom. The molecule has 2 amide bonds. The van der Waals surface area contributed by atoms with Gasteiger partial charge in [-0.1, -0.05) is 12.1 Å². The highest BCUT2D eigenvalue weighted by Crippen LogP contribution is 2.28. The molecule has 1 aliphatic rings. The molecule has 29 heavy (non-hydrogen) atoms. The Labute approximate surface area is 167 Å². The number of carbonyl (C=O) groups excluding carboxylic acids is 2. The number of aromatic nitrogens is 1. The highest BCUT2D eigenvalue weighted by atomic mass is 19.1. The smallest absolute Gasteiger partial charge is 0.252 e. The van der Waals surface area contributed by atoms with Gasteiger partial charge in [0.15, 0.2) is 5.76 Å². The quantitative estimate of drug-likeness (QED) is 0.710. The van der Waals surface area contributed by atoms with E-state index >= 15 is 0 Å². The minimum Gasteiger partial charge on any atom is -0.436 e.